The van der Waals surface area contributed by atoms with E-state index in [1.165, 1.54) is 19.5 Å². The number of hydrazone groups is 1. The molecule has 0 fully saturated rings. The van der Waals surface area contributed by atoms with Crippen molar-refractivity contribution in [1.82, 2.24) is 25.6 Å². The Hall–Kier alpha value is -3.26. The van der Waals surface area contributed by atoms with Gasteiger partial charge in [-0.25, -0.2) is 10.1 Å². The van der Waals surface area contributed by atoms with Crippen LogP contribution in [0.2, 0.25) is 5.02 Å². The van der Waals surface area contributed by atoms with Crippen molar-refractivity contribution in [3.05, 3.63) is 64.9 Å². The number of carbonyl (C=O) groups excluding carboxylic acids is 1. The molecule has 3 rings (SSSR count). The second kappa shape index (κ2) is 7.75. The van der Waals surface area contributed by atoms with Crippen molar-refractivity contribution in [3.63, 3.8) is 0 Å². The molecule has 0 bridgehead atoms. The Kier molecular flexibility index (Phi) is 5.23. The van der Waals surface area contributed by atoms with Gasteiger partial charge in [0.15, 0.2) is 0 Å². The van der Waals surface area contributed by atoms with Gasteiger partial charge in [0.25, 0.3) is 5.91 Å². The fraction of sp³-hybridized carbons (Fsp3) is 0.118. The minimum Gasteiger partial charge on any atom is -0.496 e. The van der Waals surface area contributed by atoms with Crippen LogP contribution in [0.3, 0.4) is 0 Å². The number of nitrogens with one attached hydrogen (secondary N) is 1. The number of benzene rings is 2. The van der Waals surface area contributed by atoms with Gasteiger partial charge in [-0.15, -0.1) is 5.10 Å². The van der Waals surface area contributed by atoms with Crippen molar-refractivity contribution in [3.8, 4) is 11.4 Å². The summed E-state index contributed by atoms with van der Waals surface area (Å²) in [4.78, 5) is 12.3. The van der Waals surface area contributed by atoms with Crippen LogP contribution in [-0.4, -0.2) is 38.9 Å². The zero-order valence-electron chi connectivity index (χ0n) is 14.0. The van der Waals surface area contributed by atoms with Crippen LogP contribution in [0.5, 0.6) is 5.75 Å². The van der Waals surface area contributed by atoms with E-state index in [1.807, 2.05) is 24.3 Å². The highest BCUT2D eigenvalue weighted by Crippen LogP contribution is 2.22. The summed E-state index contributed by atoms with van der Waals surface area (Å²) in [6.45, 7) is 1.79. The molecule has 0 unspecified atom stereocenters. The van der Waals surface area contributed by atoms with E-state index in [1.54, 1.807) is 23.7 Å². The maximum atomic E-state index is 12.3. The number of hydrogen-bond donors (Lipinski definition) is 1. The van der Waals surface area contributed by atoms with E-state index in [2.05, 4.69) is 26.1 Å². The number of carbonyl (C=O) groups is 1. The lowest BCUT2D eigenvalue weighted by atomic mass is 10.1. The Balaban J connectivity index is 1.74. The zero-order valence-corrected chi connectivity index (χ0v) is 14.8. The molecule has 0 radical (unpaired) electrons. The van der Waals surface area contributed by atoms with Crippen LogP contribution in [0.15, 0.2) is 53.9 Å². The van der Waals surface area contributed by atoms with Gasteiger partial charge < -0.3 is 4.74 Å². The second-order valence-electron chi connectivity index (χ2n) is 5.28. The van der Waals surface area contributed by atoms with Crippen molar-refractivity contribution in [2.45, 2.75) is 6.92 Å². The summed E-state index contributed by atoms with van der Waals surface area (Å²) in [5.74, 6) is 0.0135. The van der Waals surface area contributed by atoms with Crippen molar-refractivity contribution < 1.29 is 9.53 Å². The van der Waals surface area contributed by atoms with E-state index in [-0.39, 0.29) is 0 Å². The summed E-state index contributed by atoms with van der Waals surface area (Å²) in [6.07, 6.45) is 1.51. The van der Waals surface area contributed by atoms with Gasteiger partial charge in [0.1, 0.15) is 12.1 Å². The van der Waals surface area contributed by atoms with Gasteiger partial charge in [0.2, 0.25) is 0 Å². The summed E-state index contributed by atoms with van der Waals surface area (Å²) >= 11 is 5.95. The first-order chi connectivity index (χ1) is 12.6. The summed E-state index contributed by atoms with van der Waals surface area (Å²) in [5.41, 5.74) is 5.13. The van der Waals surface area contributed by atoms with Crippen LogP contribution in [0, 0.1) is 0 Å². The molecule has 0 aliphatic rings. The number of methoxy groups -OCH3 is 1. The first-order valence-corrected chi connectivity index (χ1v) is 7.98. The van der Waals surface area contributed by atoms with Crippen LogP contribution in [0.25, 0.3) is 5.69 Å². The predicted molar refractivity (Wildman–Crippen MR) is 96.8 cm³/mol. The molecule has 132 valence electrons. The molecule has 0 spiro atoms. The highest BCUT2D eigenvalue weighted by molar-refractivity contribution is 6.31. The minimum atomic E-state index is -0.408. The summed E-state index contributed by atoms with van der Waals surface area (Å²) in [5, 5.41) is 15.6. The van der Waals surface area contributed by atoms with Crippen molar-refractivity contribution in [1.29, 1.82) is 0 Å². The van der Waals surface area contributed by atoms with Gasteiger partial charge in [-0.1, -0.05) is 23.7 Å². The van der Waals surface area contributed by atoms with E-state index in [0.717, 1.165) is 11.3 Å². The van der Waals surface area contributed by atoms with Crippen molar-refractivity contribution >= 4 is 23.2 Å². The monoisotopic (exact) mass is 370 g/mol. The average molecular weight is 371 g/mol. The first-order valence-electron chi connectivity index (χ1n) is 7.60. The predicted octanol–water partition coefficient (Wildman–Crippen LogP) is 2.48. The Morgan fingerprint density at radius 3 is 2.65 bits per heavy atom. The number of rotatable bonds is 5. The maximum absolute atomic E-state index is 12.3. The molecule has 9 heteroatoms. The molecule has 0 atom stereocenters. The molecule has 3 aromatic rings. The SMILES string of the molecule is COc1ccc(Cl)cc1C(=O)N/N=C(\C)c1ccc(-n2cnnn2)cc1. The number of aromatic nitrogens is 4. The third-order valence-electron chi connectivity index (χ3n) is 3.63. The molecule has 1 amide bonds. The third-order valence-corrected chi connectivity index (χ3v) is 3.87. The summed E-state index contributed by atoms with van der Waals surface area (Å²) < 4.78 is 6.72. The van der Waals surface area contributed by atoms with E-state index >= 15 is 0 Å². The van der Waals surface area contributed by atoms with E-state index in [0.29, 0.717) is 22.0 Å². The Morgan fingerprint density at radius 1 is 1.23 bits per heavy atom. The van der Waals surface area contributed by atoms with Gasteiger partial charge in [-0.05, 0) is 53.2 Å². The lowest BCUT2D eigenvalue weighted by Gasteiger charge is -2.08. The van der Waals surface area contributed by atoms with Gasteiger partial charge >= 0.3 is 0 Å². The van der Waals surface area contributed by atoms with Crippen LogP contribution in [0.4, 0.5) is 0 Å². The molecule has 8 nitrogen and oxygen atoms in total. The molecule has 1 heterocycles. The highest BCUT2D eigenvalue weighted by Gasteiger charge is 2.12. The first kappa shape index (κ1) is 17.6. The molecular weight excluding hydrogens is 356 g/mol. The smallest absolute Gasteiger partial charge is 0.275 e. The van der Waals surface area contributed by atoms with Crippen molar-refractivity contribution in [2.24, 2.45) is 5.10 Å². The fourth-order valence-electron chi connectivity index (χ4n) is 2.25. The number of nitrogens with zero attached hydrogens (tertiary/aromatic N) is 5. The summed E-state index contributed by atoms with van der Waals surface area (Å²) in [7, 11) is 1.49. The number of hydrogen-bond acceptors (Lipinski definition) is 6. The molecule has 0 aliphatic carbocycles. The molecule has 1 N–H and O–H groups in total. The quantitative estimate of drug-likeness (QED) is 0.550. The number of amides is 1. The Bertz CT molecular complexity index is 938. The molecule has 0 saturated carbocycles. The Labute approximate surface area is 154 Å². The number of halogens is 1. The van der Waals surface area contributed by atoms with E-state index < -0.39 is 5.91 Å². The van der Waals surface area contributed by atoms with Crippen LogP contribution in [-0.2, 0) is 0 Å². The molecular formula is C17H15ClN6O2. The van der Waals surface area contributed by atoms with Crippen LogP contribution < -0.4 is 10.2 Å². The lowest BCUT2D eigenvalue weighted by molar-refractivity contribution is 0.0952. The van der Waals surface area contributed by atoms with E-state index in [4.69, 9.17) is 16.3 Å². The second-order valence-corrected chi connectivity index (χ2v) is 5.72. The topological polar surface area (TPSA) is 94.3 Å². The fourth-order valence-corrected chi connectivity index (χ4v) is 2.42. The third kappa shape index (κ3) is 3.86. The van der Waals surface area contributed by atoms with Crippen LogP contribution >= 0.6 is 11.6 Å². The van der Waals surface area contributed by atoms with Gasteiger partial charge in [-0.3, -0.25) is 4.79 Å². The summed E-state index contributed by atoms with van der Waals surface area (Å²) in [6, 6.07) is 12.2. The zero-order chi connectivity index (χ0) is 18.5. The largest absolute Gasteiger partial charge is 0.496 e. The molecule has 0 saturated heterocycles. The van der Waals surface area contributed by atoms with Gasteiger partial charge in [0, 0.05) is 5.02 Å². The van der Waals surface area contributed by atoms with E-state index in [9.17, 15) is 4.79 Å². The average Bonchev–Trinajstić information content (AvgIpc) is 3.20. The molecule has 1 aromatic heterocycles. The van der Waals surface area contributed by atoms with Gasteiger partial charge in [-0.2, -0.15) is 5.10 Å². The molecule has 2 aromatic carbocycles. The number of ether oxygens (including phenoxy) is 1. The Morgan fingerprint density at radius 2 is 2.00 bits per heavy atom. The molecule has 26 heavy (non-hydrogen) atoms. The lowest BCUT2D eigenvalue weighted by Crippen LogP contribution is -2.20. The minimum absolute atomic E-state index is 0.311. The van der Waals surface area contributed by atoms with Crippen LogP contribution in [0.1, 0.15) is 22.8 Å². The normalized spacial score (nSPS) is 11.3. The maximum Gasteiger partial charge on any atom is 0.275 e. The molecule has 0 aliphatic heterocycles. The van der Waals surface area contributed by atoms with Gasteiger partial charge in [0.05, 0.1) is 24.1 Å². The number of tetrazole rings is 1. The highest BCUT2D eigenvalue weighted by atomic mass is 35.5. The standard InChI is InChI=1S/C17H15ClN6O2/c1-11(12-3-6-14(7-4-12)24-10-19-22-23-24)20-21-17(25)15-9-13(18)5-8-16(15)26-2/h3-10H,1-2H3,(H,21,25)/b20-11+. The van der Waals surface area contributed by atoms with Crippen molar-refractivity contribution in [2.75, 3.05) is 7.11 Å².